The Hall–Kier alpha value is -2.33. The molecular weight excluding hydrogens is 336 g/mol. The van der Waals surface area contributed by atoms with Gasteiger partial charge in [0, 0.05) is 23.3 Å². The first-order chi connectivity index (χ1) is 11.8. The lowest BCUT2D eigenvalue weighted by atomic mass is 10.0. The number of hydrogen-bond donors (Lipinski definition) is 1. The average molecular weight is 359 g/mol. The molecule has 132 valence electrons. The van der Waals surface area contributed by atoms with Crippen LogP contribution in [-0.4, -0.2) is 18.4 Å². The Kier molecular flexibility index (Phi) is 6.21. The third kappa shape index (κ3) is 4.83. The minimum absolute atomic E-state index is 0.0533. The second-order valence-electron chi connectivity index (χ2n) is 6.31. The monoisotopic (exact) mass is 358 g/mol. The molecule has 2 aromatic carbocycles. The third-order valence-corrected chi connectivity index (χ3v) is 4.50. The number of anilines is 2. The number of benzene rings is 2. The summed E-state index contributed by atoms with van der Waals surface area (Å²) in [7, 11) is 0. The van der Waals surface area contributed by atoms with Gasteiger partial charge in [-0.1, -0.05) is 43.6 Å². The van der Waals surface area contributed by atoms with E-state index in [1.54, 1.807) is 18.2 Å². The molecule has 0 spiro atoms. The molecule has 0 heterocycles. The van der Waals surface area contributed by atoms with E-state index < -0.39 is 0 Å². The van der Waals surface area contributed by atoms with Crippen LogP contribution in [0.2, 0.25) is 5.02 Å². The smallest absolute Gasteiger partial charge is 0.244 e. The first-order valence-corrected chi connectivity index (χ1v) is 8.60. The highest BCUT2D eigenvalue weighted by atomic mass is 35.5. The van der Waals surface area contributed by atoms with Crippen LogP contribution >= 0.6 is 11.6 Å². The van der Waals surface area contributed by atoms with Crippen molar-refractivity contribution >= 4 is 34.8 Å². The molecule has 0 aromatic heterocycles. The Labute approximate surface area is 153 Å². The zero-order valence-electron chi connectivity index (χ0n) is 15.0. The minimum Gasteiger partial charge on any atom is -0.324 e. The highest BCUT2D eigenvalue weighted by molar-refractivity contribution is 6.31. The number of rotatable bonds is 5. The molecule has 5 heteroatoms. The van der Waals surface area contributed by atoms with Crippen molar-refractivity contribution in [1.82, 2.24) is 0 Å². The number of nitrogens with zero attached hydrogens (tertiary/aromatic N) is 1. The number of hydrogen-bond acceptors (Lipinski definition) is 2. The van der Waals surface area contributed by atoms with Gasteiger partial charge in [-0.2, -0.15) is 0 Å². The fourth-order valence-corrected chi connectivity index (χ4v) is 2.67. The fraction of sp³-hybridized carbons (Fsp3) is 0.300. The van der Waals surface area contributed by atoms with Crippen LogP contribution in [0.5, 0.6) is 0 Å². The molecule has 2 aromatic rings. The average Bonchev–Trinajstić information content (AvgIpc) is 2.56. The largest absolute Gasteiger partial charge is 0.324 e. The molecule has 0 radical (unpaired) electrons. The van der Waals surface area contributed by atoms with E-state index in [0.717, 1.165) is 5.56 Å². The van der Waals surface area contributed by atoms with Crippen LogP contribution in [0.1, 0.15) is 37.8 Å². The summed E-state index contributed by atoms with van der Waals surface area (Å²) in [5.41, 5.74) is 3.34. The van der Waals surface area contributed by atoms with Gasteiger partial charge in [-0.3, -0.25) is 9.59 Å². The topological polar surface area (TPSA) is 49.4 Å². The lowest BCUT2D eigenvalue weighted by Crippen LogP contribution is -2.36. The van der Waals surface area contributed by atoms with Crippen LogP contribution in [0, 0.1) is 6.92 Å². The predicted octanol–water partition coefficient (Wildman–Crippen LogP) is 4.76. The van der Waals surface area contributed by atoms with Gasteiger partial charge < -0.3 is 10.2 Å². The molecule has 0 aliphatic heterocycles. The minimum atomic E-state index is -0.270. The molecule has 2 rings (SSSR count). The molecule has 1 N–H and O–H groups in total. The van der Waals surface area contributed by atoms with Crippen LogP contribution in [0.4, 0.5) is 11.4 Å². The summed E-state index contributed by atoms with van der Waals surface area (Å²) in [6.07, 6.45) is 0. The van der Waals surface area contributed by atoms with Crippen LogP contribution in [-0.2, 0) is 9.59 Å². The maximum atomic E-state index is 12.4. The van der Waals surface area contributed by atoms with E-state index in [4.69, 9.17) is 11.6 Å². The van der Waals surface area contributed by atoms with E-state index >= 15 is 0 Å². The van der Waals surface area contributed by atoms with Crippen molar-refractivity contribution in [3.63, 3.8) is 0 Å². The summed E-state index contributed by atoms with van der Waals surface area (Å²) in [5, 5.41) is 3.41. The molecule has 25 heavy (non-hydrogen) atoms. The van der Waals surface area contributed by atoms with Crippen molar-refractivity contribution in [2.45, 2.75) is 33.6 Å². The summed E-state index contributed by atoms with van der Waals surface area (Å²) in [5.74, 6) is -0.0438. The molecule has 0 unspecified atom stereocenters. The van der Waals surface area contributed by atoms with Crippen LogP contribution in [0.15, 0.2) is 42.5 Å². The molecule has 2 amide bonds. The number of halogens is 1. The van der Waals surface area contributed by atoms with E-state index in [9.17, 15) is 9.59 Å². The Balaban J connectivity index is 2.14. The van der Waals surface area contributed by atoms with Gasteiger partial charge in [0.1, 0.15) is 6.54 Å². The van der Waals surface area contributed by atoms with Crippen LogP contribution < -0.4 is 10.2 Å². The molecule has 0 bridgehead atoms. The summed E-state index contributed by atoms with van der Waals surface area (Å²) < 4.78 is 0. The standard InChI is InChI=1S/C20H23ClN2O2/c1-13(2)16-8-10-17(11-9-16)23(15(4)24)12-20(25)22-19-7-5-6-18(21)14(19)3/h5-11,13H,12H2,1-4H3,(H,22,25). The van der Waals surface area contributed by atoms with Gasteiger partial charge in [0.05, 0.1) is 0 Å². The van der Waals surface area contributed by atoms with Crippen molar-refractivity contribution in [3.05, 3.63) is 58.6 Å². The molecule has 0 fully saturated rings. The predicted molar refractivity (Wildman–Crippen MR) is 103 cm³/mol. The van der Waals surface area contributed by atoms with Gasteiger partial charge in [-0.15, -0.1) is 0 Å². The molecule has 4 nitrogen and oxygen atoms in total. The quantitative estimate of drug-likeness (QED) is 0.837. The van der Waals surface area contributed by atoms with Gasteiger partial charge in [-0.05, 0) is 48.2 Å². The van der Waals surface area contributed by atoms with Crippen molar-refractivity contribution in [2.24, 2.45) is 0 Å². The van der Waals surface area contributed by atoms with E-state index in [1.165, 1.54) is 17.4 Å². The number of nitrogens with one attached hydrogen (secondary N) is 1. The maximum absolute atomic E-state index is 12.4. The van der Waals surface area contributed by atoms with E-state index in [-0.39, 0.29) is 18.4 Å². The van der Waals surface area contributed by atoms with Crippen LogP contribution in [0.25, 0.3) is 0 Å². The van der Waals surface area contributed by atoms with Gasteiger partial charge in [-0.25, -0.2) is 0 Å². The van der Waals surface area contributed by atoms with Crippen molar-refractivity contribution in [3.8, 4) is 0 Å². The molecule has 0 atom stereocenters. The van der Waals surface area contributed by atoms with Gasteiger partial charge in [0.25, 0.3) is 0 Å². The fourth-order valence-electron chi connectivity index (χ4n) is 2.50. The highest BCUT2D eigenvalue weighted by Crippen LogP contribution is 2.23. The lowest BCUT2D eigenvalue weighted by molar-refractivity contribution is -0.120. The van der Waals surface area contributed by atoms with Crippen LogP contribution in [0.3, 0.4) is 0 Å². The number of carbonyl (C=O) groups excluding carboxylic acids is 2. The van der Waals surface area contributed by atoms with Crippen molar-refractivity contribution in [1.29, 1.82) is 0 Å². The van der Waals surface area contributed by atoms with E-state index in [1.807, 2.05) is 31.2 Å². The Morgan fingerprint density at radius 3 is 2.32 bits per heavy atom. The van der Waals surface area contributed by atoms with E-state index in [2.05, 4.69) is 19.2 Å². The van der Waals surface area contributed by atoms with Crippen molar-refractivity contribution in [2.75, 3.05) is 16.8 Å². The second-order valence-corrected chi connectivity index (χ2v) is 6.72. The SMILES string of the molecule is CC(=O)N(CC(=O)Nc1cccc(Cl)c1C)c1ccc(C(C)C)cc1. The summed E-state index contributed by atoms with van der Waals surface area (Å²) in [4.78, 5) is 25.8. The molecule has 0 aliphatic rings. The second kappa shape index (κ2) is 8.17. The number of carbonyl (C=O) groups is 2. The van der Waals surface area contributed by atoms with Gasteiger partial charge in [0.15, 0.2) is 0 Å². The molecule has 0 saturated heterocycles. The summed E-state index contributed by atoms with van der Waals surface area (Å²) in [6, 6.07) is 13.0. The normalized spacial score (nSPS) is 10.6. The molecular formula is C20H23ClN2O2. The molecule has 0 saturated carbocycles. The van der Waals surface area contributed by atoms with E-state index in [0.29, 0.717) is 22.3 Å². The third-order valence-electron chi connectivity index (χ3n) is 4.10. The Morgan fingerprint density at radius 1 is 1.12 bits per heavy atom. The maximum Gasteiger partial charge on any atom is 0.244 e. The van der Waals surface area contributed by atoms with Gasteiger partial charge in [0.2, 0.25) is 11.8 Å². The first kappa shape index (κ1) is 19.0. The Bertz CT molecular complexity index is 770. The molecule has 0 aliphatic carbocycles. The van der Waals surface area contributed by atoms with Crippen molar-refractivity contribution < 1.29 is 9.59 Å². The summed E-state index contributed by atoms with van der Waals surface area (Å²) >= 11 is 6.07. The summed E-state index contributed by atoms with van der Waals surface area (Å²) in [6.45, 7) is 7.46. The highest BCUT2D eigenvalue weighted by Gasteiger charge is 2.17. The first-order valence-electron chi connectivity index (χ1n) is 8.22. The zero-order valence-corrected chi connectivity index (χ0v) is 15.7. The van der Waals surface area contributed by atoms with Gasteiger partial charge >= 0.3 is 0 Å². The zero-order chi connectivity index (χ0) is 18.6. The lowest BCUT2D eigenvalue weighted by Gasteiger charge is -2.21. The Morgan fingerprint density at radius 2 is 1.76 bits per heavy atom. The number of amides is 2.